The summed E-state index contributed by atoms with van der Waals surface area (Å²) >= 11 is 0. The molecule has 0 saturated heterocycles. The van der Waals surface area contributed by atoms with Crippen molar-refractivity contribution < 1.29 is 12.8 Å². The third-order valence-electron chi connectivity index (χ3n) is 4.10. The van der Waals surface area contributed by atoms with E-state index in [1.165, 1.54) is 15.3 Å². The topological polar surface area (TPSA) is 39.5 Å². The fourth-order valence-electron chi connectivity index (χ4n) is 3.22. The van der Waals surface area contributed by atoms with Gasteiger partial charge in [-0.2, -0.15) is 0 Å². The Balaban J connectivity index is 2.07. The Labute approximate surface area is 129 Å². The van der Waals surface area contributed by atoms with Crippen LogP contribution in [0.4, 0.5) is 0 Å². The molecule has 0 unspecified atom stereocenters. The third kappa shape index (κ3) is 1.15. The quantitative estimate of drug-likeness (QED) is 0.406. The highest BCUT2D eigenvalue weighted by Gasteiger charge is 2.34. The van der Waals surface area contributed by atoms with Crippen molar-refractivity contribution >= 4 is 22.2 Å². The van der Waals surface area contributed by atoms with Crippen LogP contribution in [-0.2, 0) is 20.5 Å². The molecule has 5 nitrogen and oxygen atoms in total. The standard InChI is InChI=1S/C16H14N5/c1-19-12-4-3-6-18-13(12)14-16(19)21-9-10-5-7-17-8-11(10)15(21)20(14)2/h3-8H,9H2,1-2H3/q+1/i1D3,2D3. The summed E-state index contributed by atoms with van der Waals surface area (Å²) in [4.78, 5) is 8.44. The number of aromatic nitrogens is 5. The first-order valence-corrected chi connectivity index (χ1v) is 6.57. The minimum atomic E-state index is -2.51. The molecule has 1 aliphatic heterocycles. The molecule has 0 amide bonds. The molecule has 0 aliphatic carbocycles. The van der Waals surface area contributed by atoms with E-state index in [1.54, 1.807) is 29.1 Å². The molecule has 4 aromatic rings. The molecule has 0 bridgehead atoms. The van der Waals surface area contributed by atoms with Gasteiger partial charge in [0.1, 0.15) is 11.0 Å². The van der Waals surface area contributed by atoms with Crippen molar-refractivity contribution in [2.24, 2.45) is 14.0 Å². The zero-order valence-electron chi connectivity index (χ0n) is 16.9. The second-order valence-corrected chi connectivity index (χ2v) is 5.16. The highest BCUT2D eigenvalue weighted by molar-refractivity contribution is 6.02. The van der Waals surface area contributed by atoms with E-state index in [2.05, 4.69) is 9.97 Å². The average molecular weight is 282 g/mol. The van der Waals surface area contributed by atoms with Gasteiger partial charge in [0.15, 0.2) is 0 Å². The summed E-state index contributed by atoms with van der Waals surface area (Å²) in [5, 5.41) is 0. The number of fused-ring (bicyclic) bond motifs is 7. The van der Waals surface area contributed by atoms with E-state index < -0.39 is 14.0 Å². The van der Waals surface area contributed by atoms with Crippen molar-refractivity contribution in [3.8, 4) is 11.4 Å². The third-order valence-corrected chi connectivity index (χ3v) is 4.10. The molecule has 21 heavy (non-hydrogen) atoms. The normalized spacial score (nSPS) is 18.5. The van der Waals surface area contributed by atoms with Crippen LogP contribution in [0.2, 0.25) is 0 Å². The zero-order chi connectivity index (χ0) is 19.1. The van der Waals surface area contributed by atoms with E-state index in [9.17, 15) is 0 Å². The first kappa shape index (κ1) is 6.85. The van der Waals surface area contributed by atoms with Gasteiger partial charge in [-0.05, 0) is 18.2 Å². The lowest BCUT2D eigenvalue weighted by Gasteiger charge is -1.97. The molecule has 1 aliphatic rings. The van der Waals surface area contributed by atoms with Gasteiger partial charge in [-0.25, -0.2) is 9.55 Å². The Morgan fingerprint density at radius 1 is 1.24 bits per heavy atom. The first-order chi connectivity index (χ1) is 12.7. The number of imidazole rings is 1. The van der Waals surface area contributed by atoms with Gasteiger partial charge in [0.25, 0.3) is 5.65 Å². The SMILES string of the molecule is [2H]C([2H])([2H])n1c2[n+](c3c1c1ncccc1n3C([2H])([2H])[2H])Cc1ccncc1-2. The number of nitrogens with zero attached hydrogens (tertiary/aromatic N) is 5. The molecule has 0 atom stereocenters. The highest BCUT2D eigenvalue weighted by atomic mass is 15.2. The highest BCUT2D eigenvalue weighted by Crippen LogP contribution is 2.33. The van der Waals surface area contributed by atoms with Crippen molar-refractivity contribution in [1.29, 1.82) is 0 Å². The van der Waals surface area contributed by atoms with Crippen molar-refractivity contribution in [2.75, 3.05) is 0 Å². The van der Waals surface area contributed by atoms with Crippen LogP contribution in [0.5, 0.6) is 0 Å². The summed E-state index contributed by atoms with van der Waals surface area (Å²) in [6.07, 6.45) is 4.79. The summed E-state index contributed by atoms with van der Waals surface area (Å²) in [6, 6.07) is 5.11. The molecular weight excluding hydrogens is 262 g/mol. The number of rotatable bonds is 0. The minimum Gasteiger partial charge on any atom is -0.264 e. The number of pyridine rings is 2. The molecule has 0 fully saturated rings. The lowest BCUT2D eigenvalue weighted by atomic mass is 10.2. The van der Waals surface area contributed by atoms with Crippen molar-refractivity contribution in [2.45, 2.75) is 6.54 Å². The zero-order valence-corrected chi connectivity index (χ0v) is 10.9. The maximum atomic E-state index is 8.11. The Kier molecular flexibility index (Phi) is 1.14. The molecule has 5 rings (SSSR count). The monoisotopic (exact) mass is 282 g/mol. The van der Waals surface area contributed by atoms with Gasteiger partial charge in [0.2, 0.25) is 11.3 Å². The number of aryl methyl sites for hydroxylation is 2. The van der Waals surface area contributed by atoms with Gasteiger partial charge in [-0.15, -0.1) is 0 Å². The van der Waals surface area contributed by atoms with E-state index in [0.717, 1.165) is 5.56 Å². The van der Waals surface area contributed by atoms with E-state index in [-0.39, 0.29) is 0 Å². The van der Waals surface area contributed by atoms with Crippen LogP contribution >= 0.6 is 0 Å². The molecule has 0 N–H and O–H groups in total. The Bertz CT molecular complexity index is 1230. The predicted molar refractivity (Wildman–Crippen MR) is 79.7 cm³/mol. The fraction of sp³-hybridized carbons (Fsp3) is 0.188. The van der Waals surface area contributed by atoms with Crippen LogP contribution in [0.1, 0.15) is 13.8 Å². The average Bonchev–Trinajstić information content (AvgIpc) is 3.19. The summed E-state index contributed by atoms with van der Waals surface area (Å²) in [7, 11) is 0. The maximum Gasteiger partial charge on any atom is 0.271 e. The lowest BCUT2D eigenvalue weighted by molar-refractivity contribution is -0.648. The molecule has 0 aromatic carbocycles. The molecule has 4 aromatic heterocycles. The van der Waals surface area contributed by atoms with Crippen molar-refractivity contribution in [3.63, 3.8) is 0 Å². The van der Waals surface area contributed by atoms with E-state index in [4.69, 9.17) is 8.22 Å². The van der Waals surface area contributed by atoms with Gasteiger partial charge in [0, 0.05) is 24.2 Å². The molecule has 0 radical (unpaired) electrons. The maximum absolute atomic E-state index is 8.11. The molecule has 5 heterocycles. The van der Waals surface area contributed by atoms with Crippen LogP contribution in [-0.4, -0.2) is 19.1 Å². The number of hydrogen-bond donors (Lipinski definition) is 0. The molecule has 102 valence electrons. The van der Waals surface area contributed by atoms with E-state index in [0.29, 0.717) is 40.1 Å². The minimum absolute atomic E-state index is 0.297. The van der Waals surface area contributed by atoms with Crippen LogP contribution in [0.25, 0.3) is 33.6 Å². The first-order valence-electron chi connectivity index (χ1n) is 9.57. The molecule has 0 spiro atoms. The van der Waals surface area contributed by atoms with E-state index in [1.807, 2.05) is 6.07 Å². The predicted octanol–water partition coefficient (Wildman–Crippen LogP) is 1.78. The van der Waals surface area contributed by atoms with Crippen molar-refractivity contribution in [1.82, 2.24) is 19.1 Å². The largest absolute Gasteiger partial charge is 0.271 e. The van der Waals surface area contributed by atoms with Crippen LogP contribution < -0.4 is 4.57 Å². The molecular formula is C16H14N5+. The van der Waals surface area contributed by atoms with Gasteiger partial charge >= 0.3 is 0 Å². The smallest absolute Gasteiger partial charge is 0.264 e. The van der Waals surface area contributed by atoms with Crippen LogP contribution in [0.3, 0.4) is 0 Å². The van der Waals surface area contributed by atoms with Gasteiger partial charge < -0.3 is 0 Å². The summed E-state index contributed by atoms with van der Waals surface area (Å²) < 4.78 is 52.6. The van der Waals surface area contributed by atoms with Crippen LogP contribution in [0, 0.1) is 0 Å². The fourth-order valence-corrected chi connectivity index (χ4v) is 3.22. The molecule has 5 heteroatoms. The summed E-state index contributed by atoms with van der Waals surface area (Å²) in [5.41, 5.74) is 2.94. The second-order valence-electron chi connectivity index (χ2n) is 5.16. The van der Waals surface area contributed by atoms with Crippen molar-refractivity contribution in [3.05, 3.63) is 42.4 Å². The Hall–Kier alpha value is -2.69. The van der Waals surface area contributed by atoms with E-state index >= 15 is 0 Å². The Morgan fingerprint density at radius 3 is 3.10 bits per heavy atom. The summed E-state index contributed by atoms with van der Waals surface area (Å²) in [6.45, 7) is -4.63. The van der Waals surface area contributed by atoms with Gasteiger partial charge in [-0.3, -0.25) is 14.1 Å². The van der Waals surface area contributed by atoms with Crippen LogP contribution in [0.15, 0.2) is 36.8 Å². The van der Waals surface area contributed by atoms with Gasteiger partial charge in [0.05, 0.1) is 34.3 Å². The summed E-state index contributed by atoms with van der Waals surface area (Å²) in [5.74, 6) is 0.425. The second kappa shape index (κ2) is 3.49. The van der Waals surface area contributed by atoms with Gasteiger partial charge in [-0.1, -0.05) is 0 Å². The lowest BCUT2D eigenvalue weighted by Crippen LogP contribution is -2.33. The molecule has 0 saturated carbocycles. The number of hydrogen-bond acceptors (Lipinski definition) is 2. The Morgan fingerprint density at radius 2 is 2.19 bits per heavy atom.